The van der Waals surface area contributed by atoms with Crippen LogP contribution in [0.25, 0.3) is 5.76 Å². The zero-order chi connectivity index (χ0) is 11.3. The van der Waals surface area contributed by atoms with Crippen LogP contribution in [0.3, 0.4) is 0 Å². The highest BCUT2D eigenvalue weighted by Crippen LogP contribution is 2.24. The summed E-state index contributed by atoms with van der Waals surface area (Å²) in [5.74, 6) is 0.420. The van der Waals surface area contributed by atoms with Crippen LogP contribution in [0.5, 0.6) is 0 Å². The van der Waals surface area contributed by atoms with E-state index in [4.69, 9.17) is 4.74 Å². The van der Waals surface area contributed by atoms with E-state index >= 15 is 0 Å². The van der Waals surface area contributed by atoms with Crippen LogP contribution in [-0.2, 0) is 20.7 Å². The summed E-state index contributed by atoms with van der Waals surface area (Å²) in [6, 6.07) is 3.79. The van der Waals surface area contributed by atoms with Gasteiger partial charge in [-0.15, -0.1) is 11.3 Å². The molecule has 15 heavy (non-hydrogen) atoms. The Morgan fingerprint density at radius 1 is 1.53 bits per heavy atom. The van der Waals surface area contributed by atoms with Gasteiger partial charge in [0.1, 0.15) is 5.76 Å². The number of carbonyl (C=O) groups excluding carboxylic acids is 1. The molecule has 1 rings (SSSR count). The van der Waals surface area contributed by atoms with Crippen molar-refractivity contribution >= 4 is 23.1 Å². The highest BCUT2D eigenvalue weighted by Gasteiger charge is 2.08. The van der Waals surface area contributed by atoms with Gasteiger partial charge in [0.05, 0.1) is 25.0 Å². The third kappa shape index (κ3) is 3.40. The number of thiophene rings is 1. The zero-order valence-electron chi connectivity index (χ0n) is 8.91. The van der Waals surface area contributed by atoms with E-state index in [1.807, 2.05) is 19.1 Å². The van der Waals surface area contributed by atoms with Gasteiger partial charge in [-0.05, 0) is 19.1 Å². The van der Waals surface area contributed by atoms with Crippen LogP contribution in [0.2, 0.25) is 0 Å². The molecule has 0 bridgehead atoms. The minimum absolute atomic E-state index is 0.231. The van der Waals surface area contributed by atoms with Gasteiger partial charge in [0.2, 0.25) is 0 Å². The maximum Gasteiger partial charge on any atom is 0.310 e. The van der Waals surface area contributed by atoms with Crippen molar-refractivity contribution in [2.75, 3.05) is 13.7 Å². The van der Waals surface area contributed by atoms with Gasteiger partial charge in [0.25, 0.3) is 0 Å². The Hall–Kier alpha value is -1.29. The molecule has 0 atom stereocenters. The highest BCUT2D eigenvalue weighted by molar-refractivity contribution is 7.13. The largest absolute Gasteiger partial charge is 0.493 e. The number of hydrogen-bond acceptors (Lipinski definition) is 4. The second-order valence-electron chi connectivity index (χ2n) is 2.88. The average Bonchev–Trinajstić information content (AvgIpc) is 2.66. The summed E-state index contributed by atoms with van der Waals surface area (Å²) in [4.78, 5) is 12.9. The van der Waals surface area contributed by atoms with Gasteiger partial charge in [-0.1, -0.05) is 6.58 Å². The number of carbonyl (C=O) groups is 1. The first-order valence-electron chi connectivity index (χ1n) is 4.65. The predicted octanol–water partition coefficient (Wildman–Crippen LogP) is 2.47. The molecule has 0 N–H and O–H groups in total. The van der Waals surface area contributed by atoms with Crippen molar-refractivity contribution < 1.29 is 14.3 Å². The average molecular weight is 226 g/mol. The lowest BCUT2D eigenvalue weighted by atomic mass is 10.3. The third-order valence-electron chi connectivity index (χ3n) is 1.80. The molecule has 1 aromatic heterocycles. The highest BCUT2D eigenvalue weighted by atomic mass is 32.1. The molecule has 1 heterocycles. The number of hydrogen-bond donors (Lipinski definition) is 0. The standard InChI is InChI=1S/C11H14O3S/c1-4-14-8(2)10-6-5-9(15-10)7-11(12)13-3/h5-6H,2,4,7H2,1,3H3. The SMILES string of the molecule is C=C(OCC)c1ccc(CC(=O)OC)s1. The zero-order valence-corrected chi connectivity index (χ0v) is 9.73. The second-order valence-corrected chi connectivity index (χ2v) is 4.04. The van der Waals surface area contributed by atoms with Gasteiger partial charge in [0, 0.05) is 4.88 Å². The van der Waals surface area contributed by atoms with E-state index in [2.05, 4.69) is 11.3 Å². The van der Waals surface area contributed by atoms with Gasteiger partial charge in [-0.3, -0.25) is 4.79 Å². The van der Waals surface area contributed by atoms with E-state index < -0.39 is 0 Å². The molecule has 3 nitrogen and oxygen atoms in total. The molecule has 0 aliphatic carbocycles. The van der Waals surface area contributed by atoms with E-state index in [0.717, 1.165) is 9.75 Å². The van der Waals surface area contributed by atoms with Crippen LogP contribution in [0, 0.1) is 0 Å². The minimum atomic E-state index is -0.231. The number of rotatable bonds is 5. The lowest BCUT2D eigenvalue weighted by molar-refractivity contribution is -0.139. The Bertz CT molecular complexity index is 354. The van der Waals surface area contributed by atoms with Crippen molar-refractivity contribution in [2.45, 2.75) is 13.3 Å². The number of ether oxygens (including phenoxy) is 2. The Morgan fingerprint density at radius 3 is 2.87 bits per heavy atom. The maximum atomic E-state index is 11.0. The van der Waals surface area contributed by atoms with Gasteiger partial charge < -0.3 is 9.47 Å². The molecule has 0 unspecified atom stereocenters. The van der Waals surface area contributed by atoms with Crippen molar-refractivity contribution in [3.63, 3.8) is 0 Å². The fourth-order valence-corrected chi connectivity index (χ4v) is 2.00. The molecule has 1 aromatic rings. The molecule has 0 aliphatic rings. The van der Waals surface area contributed by atoms with Crippen LogP contribution in [0.1, 0.15) is 16.7 Å². The van der Waals surface area contributed by atoms with Gasteiger partial charge in [-0.2, -0.15) is 0 Å². The van der Waals surface area contributed by atoms with Crippen molar-refractivity contribution in [3.8, 4) is 0 Å². The molecular weight excluding hydrogens is 212 g/mol. The van der Waals surface area contributed by atoms with Crippen molar-refractivity contribution in [1.29, 1.82) is 0 Å². The Kier molecular flexibility index (Phi) is 4.37. The van der Waals surface area contributed by atoms with Crippen molar-refractivity contribution in [1.82, 2.24) is 0 Å². The van der Waals surface area contributed by atoms with E-state index in [0.29, 0.717) is 18.8 Å². The smallest absolute Gasteiger partial charge is 0.310 e. The third-order valence-corrected chi connectivity index (χ3v) is 2.93. The molecule has 0 radical (unpaired) electrons. The van der Waals surface area contributed by atoms with Crippen LogP contribution < -0.4 is 0 Å². The maximum absolute atomic E-state index is 11.0. The summed E-state index contributed by atoms with van der Waals surface area (Å²) in [6.07, 6.45) is 0.306. The number of methoxy groups -OCH3 is 1. The first kappa shape index (κ1) is 11.8. The molecular formula is C11H14O3S. The fraction of sp³-hybridized carbons (Fsp3) is 0.364. The first-order chi connectivity index (χ1) is 7.17. The van der Waals surface area contributed by atoms with E-state index in [1.165, 1.54) is 18.4 Å². The second kappa shape index (κ2) is 5.56. The van der Waals surface area contributed by atoms with Crippen LogP contribution in [0.15, 0.2) is 18.7 Å². The fourth-order valence-electron chi connectivity index (χ4n) is 1.08. The lowest BCUT2D eigenvalue weighted by Gasteiger charge is -2.02. The molecule has 0 aromatic carbocycles. The van der Waals surface area contributed by atoms with Crippen LogP contribution in [-0.4, -0.2) is 19.7 Å². The Balaban J connectivity index is 2.63. The quantitative estimate of drug-likeness (QED) is 0.571. The predicted molar refractivity (Wildman–Crippen MR) is 60.7 cm³/mol. The molecule has 82 valence electrons. The van der Waals surface area contributed by atoms with Crippen molar-refractivity contribution in [3.05, 3.63) is 28.5 Å². The molecule has 0 saturated heterocycles. The Morgan fingerprint density at radius 2 is 2.27 bits per heavy atom. The Labute approximate surface area is 93.3 Å². The van der Waals surface area contributed by atoms with Crippen molar-refractivity contribution in [2.24, 2.45) is 0 Å². The molecule has 0 spiro atoms. The number of esters is 1. The molecule has 0 aliphatic heterocycles. The van der Waals surface area contributed by atoms with E-state index in [9.17, 15) is 4.79 Å². The van der Waals surface area contributed by atoms with Crippen LogP contribution >= 0.6 is 11.3 Å². The minimum Gasteiger partial charge on any atom is -0.493 e. The summed E-state index contributed by atoms with van der Waals surface area (Å²) in [7, 11) is 1.38. The normalized spacial score (nSPS) is 9.73. The van der Waals surface area contributed by atoms with E-state index in [1.54, 1.807) is 0 Å². The topological polar surface area (TPSA) is 35.5 Å². The summed E-state index contributed by atoms with van der Waals surface area (Å²) >= 11 is 1.50. The summed E-state index contributed by atoms with van der Waals surface area (Å²) < 4.78 is 9.86. The first-order valence-corrected chi connectivity index (χ1v) is 5.46. The lowest BCUT2D eigenvalue weighted by Crippen LogP contribution is -2.02. The summed E-state index contributed by atoms with van der Waals surface area (Å²) in [5, 5.41) is 0. The van der Waals surface area contributed by atoms with E-state index in [-0.39, 0.29) is 5.97 Å². The van der Waals surface area contributed by atoms with Gasteiger partial charge >= 0.3 is 5.97 Å². The molecule has 0 fully saturated rings. The summed E-state index contributed by atoms with van der Waals surface area (Å²) in [6.45, 7) is 6.31. The molecule has 4 heteroatoms. The summed E-state index contributed by atoms with van der Waals surface area (Å²) in [5.41, 5.74) is 0. The molecule has 0 saturated carbocycles. The monoisotopic (exact) mass is 226 g/mol. The van der Waals surface area contributed by atoms with Gasteiger partial charge in [-0.25, -0.2) is 0 Å². The van der Waals surface area contributed by atoms with Crippen LogP contribution in [0.4, 0.5) is 0 Å². The van der Waals surface area contributed by atoms with Gasteiger partial charge in [0.15, 0.2) is 0 Å². The molecule has 0 amide bonds.